The smallest absolute Gasteiger partial charge is 0.335 e. The van der Waals surface area contributed by atoms with Gasteiger partial charge in [-0.1, -0.05) is 18.2 Å². The molecule has 0 bridgehead atoms. The number of esters is 1. The lowest BCUT2D eigenvalue weighted by atomic mass is 10.1. The molecule has 4 nitrogen and oxygen atoms in total. The minimum absolute atomic E-state index is 0.161. The first-order chi connectivity index (χ1) is 7.69. The first-order valence-electron chi connectivity index (χ1n) is 5.15. The van der Waals surface area contributed by atoms with Crippen LogP contribution in [0.15, 0.2) is 24.3 Å². The monoisotopic (exact) mass is 224 g/mol. The minimum atomic E-state index is -0.673. The van der Waals surface area contributed by atoms with Gasteiger partial charge >= 0.3 is 5.97 Å². The summed E-state index contributed by atoms with van der Waals surface area (Å²) in [4.78, 5) is 11.5. The molecule has 0 fully saturated rings. The fourth-order valence-electron chi connectivity index (χ4n) is 1.38. The third kappa shape index (κ3) is 3.24. The molecule has 88 valence electrons. The number of methoxy groups -OCH3 is 1. The molecule has 4 heteroatoms. The maximum atomic E-state index is 11.5. The van der Waals surface area contributed by atoms with E-state index in [0.717, 1.165) is 0 Å². The first kappa shape index (κ1) is 12.5. The molecular formula is C12H16O4. The molecule has 0 aliphatic heterocycles. The third-order valence-electron chi connectivity index (χ3n) is 2.23. The third-order valence-corrected chi connectivity index (χ3v) is 2.23. The standard InChI is InChI=1S/C12H16O4/c1-3-16-12(14)11(15-2)8-9-6-4-5-7-10(9)13/h4-7,11,13H,3,8H2,1-2H3/t11-/m0/s1. The number of carbonyl (C=O) groups is 1. The quantitative estimate of drug-likeness (QED) is 0.770. The van der Waals surface area contributed by atoms with Gasteiger partial charge in [0.2, 0.25) is 0 Å². The summed E-state index contributed by atoms with van der Waals surface area (Å²) >= 11 is 0. The summed E-state index contributed by atoms with van der Waals surface area (Å²) in [5, 5.41) is 9.56. The predicted molar refractivity (Wildman–Crippen MR) is 59.2 cm³/mol. The lowest BCUT2D eigenvalue weighted by molar-refractivity contribution is -0.154. The highest BCUT2D eigenvalue weighted by Gasteiger charge is 2.20. The number of benzene rings is 1. The highest BCUT2D eigenvalue weighted by molar-refractivity contribution is 5.75. The van der Waals surface area contributed by atoms with Crippen LogP contribution >= 0.6 is 0 Å². The Kier molecular flexibility index (Phi) is 4.79. The summed E-state index contributed by atoms with van der Waals surface area (Å²) in [6.45, 7) is 2.06. The van der Waals surface area contributed by atoms with Gasteiger partial charge in [0.05, 0.1) is 6.61 Å². The Balaban J connectivity index is 2.70. The molecular weight excluding hydrogens is 208 g/mol. The number of hydrogen-bond acceptors (Lipinski definition) is 4. The molecule has 1 rings (SSSR count). The van der Waals surface area contributed by atoms with Gasteiger partial charge < -0.3 is 14.6 Å². The Hall–Kier alpha value is -1.55. The highest BCUT2D eigenvalue weighted by atomic mass is 16.6. The average molecular weight is 224 g/mol. The Morgan fingerprint density at radius 3 is 2.69 bits per heavy atom. The second kappa shape index (κ2) is 6.12. The summed E-state index contributed by atoms with van der Waals surface area (Å²) in [5.41, 5.74) is 0.669. The predicted octanol–water partition coefficient (Wildman–Crippen LogP) is 1.51. The molecule has 16 heavy (non-hydrogen) atoms. The van der Waals surface area contributed by atoms with Crippen molar-refractivity contribution in [3.05, 3.63) is 29.8 Å². The largest absolute Gasteiger partial charge is 0.508 e. The van der Waals surface area contributed by atoms with Crippen LogP contribution in [0.2, 0.25) is 0 Å². The van der Waals surface area contributed by atoms with E-state index in [9.17, 15) is 9.90 Å². The number of ether oxygens (including phenoxy) is 2. The highest BCUT2D eigenvalue weighted by Crippen LogP contribution is 2.18. The Bertz CT molecular complexity index is 349. The maximum Gasteiger partial charge on any atom is 0.335 e. The SMILES string of the molecule is CCOC(=O)[C@H](Cc1ccccc1O)OC. The molecule has 0 aliphatic rings. The second-order valence-electron chi connectivity index (χ2n) is 3.31. The number of phenols is 1. The van der Waals surface area contributed by atoms with E-state index in [-0.39, 0.29) is 5.75 Å². The van der Waals surface area contributed by atoms with Crippen molar-refractivity contribution in [3.8, 4) is 5.75 Å². The van der Waals surface area contributed by atoms with Crippen molar-refractivity contribution in [1.29, 1.82) is 0 Å². The van der Waals surface area contributed by atoms with Gasteiger partial charge in [-0.2, -0.15) is 0 Å². The van der Waals surface area contributed by atoms with Crippen molar-refractivity contribution in [2.75, 3.05) is 13.7 Å². The molecule has 0 radical (unpaired) electrons. The van der Waals surface area contributed by atoms with Crippen LogP contribution < -0.4 is 0 Å². The molecule has 0 saturated heterocycles. The van der Waals surface area contributed by atoms with Crippen LogP contribution in [-0.4, -0.2) is 30.9 Å². The Morgan fingerprint density at radius 2 is 2.12 bits per heavy atom. The Labute approximate surface area is 94.8 Å². The van der Waals surface area contributed by atoms with Gasteiger partial charge in [0.15, 0.2) is 6.10 Å². The van der Waals surface area contributed by atoms with Gasteiger partial charge in [-0.3, -0.25) is 0 Å². The maximum absolute atomic E-state index is 11.5. The van der Waals surface area contributed by atoms with Crippen molar-refractivity contribution in [2.24, 2.45) is 0 Å². The van der Waals surface area contributed by atoms with Crippen molar-refractivity contribution < 1.29 is 19.4 Å². The number of carbonyl (C=O) groups excluding carboxylic acids is 1. The lowest BCUT2D eigenvalue weighted by Gasteiger charge is -2.14. The topological polar surface area (TPSA) is 55.8 Å². The molecule has 1 atom stereocenters. The van der Waals surface area contributed by atoms with Crippen molar-refractivity contribution >= 4 is 5.97 Å². The van der Waals surface area contributed by atoms with E-state index in [1.54, 1.807) is 31.2 Å². The number of para-hydroxylation sites is 1. The van der Waals surface area contributed by atoms with Crippen molar-refractivity contribution in [3.63, 3.8) is 0 Å². The first-order valence-corrected chi connectivity index (χ1v) is 5.15. The van der Waals surface area contributed by atoms with Gasteiger partial charge in [0, 0.05) is 13.5 Å². The van der Waals surface area contributed by atoms with Gasteiger partial charge in [-0.25, -0.2) is 4.79 Å². The zero-order chi connectivity index (χ0) is 12.0. The fourth-order valence-corrected chi connectivity index (χ4v) is 1.38. The van der Waals surface area contributed by atoms with Gasteiger partial charge in [0.1, 0.15) is 5.75 Å². The van der Waals surface area contributed by atoms with Crippen LogP contribution in [0.3, 0.4) is 0 Å². The minimum Gasteiger partial charge on any atom is -0.508 e. The van der Waals surface area contributed by atoms with Crippen molar-refractivity contribution in [1.82, 2.24) is 0 Å². The number of phenolic OH excluding ortho intramolecular Hbond substituents is 1. The van der Waals surface area contributed by atoms with E-state index in [0.29, 0.717) is 18.6 Å². The zero-order valence-electron chi connectivity index (χ0n) is 9.47. The van der Waals surface area contributed by atoms with Crippen LogP contribution in [0.25, 0.3) is 0 Å². The second-order valence-corrected chi connectivity index (χ2v) is 3.31. The molecule has 1 aromatic rings. The number of rotatable bonds is 5. The van der Waals surface area contributed by atoms with Crippen LogP contribution in [0.5, 0.6) is 5.75 Å². The van der Waals surface area contributed by atoms with Crippen LogP contribution in [0.1, 0.15) is 12.5 Å². The lowest BCUT2D eigenvalue weighted by Crippen LogP contribution is -2.27. The molecule has 0 aliphatic carbocycles. The summed E-state index contributed by atoms with van der Waals surface area (Å²) < 4.78 is 9.90. The zero-order valence-corrected chi connectivity index (χ0v) is 9.47. The Morgan fingerprint density at radius 1 is 1.44 bits per heavy atom. The molecule has 0 saturated carbocycles. The molecule has 0 amide bonds. The van der Waals surface area contributed by atoms with E-state index >= 15 is 0 Å². The summed E-state index contributed by atoms with van der Waals surface area (Å²) in [7, 11) is 1.45. The number of hydrogen-bond donors (Lipinski definition) is 1. The van der Waals surface area contributed by atoms with Gasteiger partial charge in [0.25, 0.3) is 0 Å². The van der Waals surface area contributed by atoms with E-state index in [1.165, 1.54) is 7.11 Å². The number of aromatic hydroxyl groups is 1. The fraction of sp³-hybridized carbons (Fsp3) is 0.417. The van der Waals surface area contributed by atoms with E-state index in [1.807, 2.05) is 0 Å². The summed E-state index contributed by atoms with van der Waals surface area (Å²) in [5.74, 6) is -0.248. The van der Waals surface area contributed by atoms with E-state index in [2.05, 4.69) is 0 Å². The van der Waals surface area contributed by atoms with Crippen LogP contribution in [0.4, 0.5) is 0 Å². The normalized spacial score (nSPS) is 12.1. The van der Waals surface area contributed by atoms with Crippen LogP contribution in [0, 0.1) is 0 Å². The molecule has 1 N–H and O–H groups in total. The molecule has 0 spiro atoms. The average Bonchev–Trinajstić information content (AvgIpc) is 2.28. The molecule has 1 aromatic carbocycles. The molecule has 0 unspecified atom stereocenters. The van der Waals surface area contributed by atoms with Gasteiger partial charge in [-0.05, 0) is 18.6 Å². The summed E-state index contributed by atoms with van der Waals surface area (Å²) in [6, 6.07) is 6.85. The molecule has 0 heterocycles. The van der Waals surface area contributed by atoms with Crippen LogP contribution in [-0.2, 0) is 20.7 Å². The van der Waals surface area contributed by atoms with Crippen molar-refractivity contribution in [2.45, 2.75) is 19.4 Å². The van der Waals surface area contributed by atoms with E-state index in [4.69, 9.17) is 9.47 Å². The summed E-state index contributed by atoms with van der Waals surface area (Å²) in [6.07, 6.45) is -0.365. The van der Waals surface area contributed by atoms with E-state index < -0.39 is 12.1 Å². The van der Waals surface area contributed by atoms with Gasteiger partial charge in [-0.15, -0.1) is 0 Å². The molecule has 0 aromatic heterocycles.